The van der Waals surface area contributed by atoms with Gasteiger partial charge in [0.25, 0.3) is 5.56 Å². The Hall–Kier alpha value is -2.85. The Balaban J connectivity index is 0.853. The molecule has 2 aromatic rings. The molecule has 5 aliphatic rings. The first-order valence-electron chi connectivity index (χ1n) is 12.8. The van der Waals surface area contributed by atoms with Gasteiger partial charge in [-0.1, -0.05) is 0 Å². The van der Waals surface area contributed by atoms with Crippen LogP contribution < -0.4 is 5.56 Å². The molecule has 5 fully saturated rings. The molecule has 0 unspecified atom stereocenters. The van der Waals surface area contributed by atoms with E-state index in [1.807, 2.05) is 9.80 Å². The highest BCUT2D eigenvalue weighted by molar-refractivity contribution is 5.77. The average Bonchev–Trinajstić information content (AvgIpc) is 3.44. The van der Waals surface area contributed by atoms with Crippen LogP contribution in [-0.4, -0.2) is 61.8 Å². The topological polar surface area (TPSA) is 87.1 Å². The Bertz CT molecular complexity index is 1250. The number of carbonyl (C=O) groups is 1. The van der Waals surface area contributed by atoms with E-state index in [4.69, 9.17) is 0 Å². The van der Waals surface area contributed by atoms with Gasteiger partial charge in [0.2, 0.25) is 0 Å². The van der Waals surface area contributed by atoms with Crippen molar-refractivity contribution in [1.29, 1.82) is 0 Å². The lowest BCUT2D eigenvalue weighted by molar-refractivity contribution is -0.137. The van der Waals surface area contributed by atoms with Crippen molar-refractivity contribution in [3.8, 4) is 0 Å². The summed E-state index contributed by atoms with van der Waals surface area (Å²) in [5.41, 5.74) is -1.17. The minimum Gasteiger partial charge on any atom is -0.323 e. The number of nitrogens with one attached hydrogen (secondary N) is 1. The zero-order valence-electron chi connectivity index (χ0n) is 19.9. The number of likely N-dealkylation sites (tertiary alicyclic amines) is 2. The molecule has 2 aromatic heterocycles. The molecule has 0 bridgehead atoms. The molecule has 2 amide bonds. The van der Waals surface area contributed by atoms with Crippen molar-refractivity contribution in [2.75, 3.05) is 26.2 Å². The third-order valence-electron chi connectivity index (χ3n) is 9.08. The van der Waals surface area contributed by atoms with Crippen molar-refractivity contribution in [2.45, 2.75) is 63.1 Å². The average molecular weight is 503 g/mol. The second-order valence-corrected chi connectivity index (χ2v) is 12.1. The van der Waals surface area contributed by atoms with Gasteiger partial charge in [-0.15, -0.1) is 0 Å². The number of H-pyrrole nitrogens is 1. The van der Waals surface area contributed by atoms with Crippen LogP contribution in [0, 0.1) is 16.7 Å². The Morgan fingerprint density at radius 2 is 1.67 bits per heavy atom. The minimum absolute atomic E-state index is 0.117. The second kappa shape index (κ2) is 7.35. The first-order valence-corrected chi connectivity index (χ1v) is 12.8. The Morgan fingerprint density at radius 1 is 1.03 bits per heavy atom. The van der Waals surface area contributed by atoms with Gasteiger partial charge in [0.1, 0.15) is 5.82 Å². The molecule has 2 aliphatic heterocycles. The van der Waals surface area contributed by atoms with Gasteiger partial charge in [0.05, 0.1) is 5.56 Å². The zero-order chi connectivity index (χ0) is 24.9. The quantitative estimate of drug-likeness (QED) is 0.693. The molecule has 2 saturated heterocycles. The van der Waals surface area contributed by atoms with Gasteiger partial charge >= 0.3 is 12.2 Å². The number of halogens is 3. The first kappa shape index (κ1) is 22.4. The number of rotatable bonds is 4. The molecule has 0 aromatic carbocycles. The fraction of sp³-hybridized carbons (Fsp3) is 0.680. The van der Waals surface area contributed by atoms with Gasteiger partial charge in [-0.3, -0.25) is 9.89 Å². The van der Waals surface area contributed by atoms with Gasteiger partial charge in [0.15, 0.2) is 5.82 Å². The van der Waals surface area contributed by atoms with E-state index >= 15 is 0 Å². The van der Waals surface area contributed by atoms with Gasteiger partial charge < -0.3 is 14.4 Å². The zero-order valence-corrected chi connectivity index (χ0v) is 19.9. The molecule has 3 saturated carbocycles. The number of carbonyl (C=O) groups excluding carboxylic acids is 1. The van der Waals surface area contributed by atoms with Crippen LogP contribution in [0.25, 0.3) is 0 Å². The van der Waals surface area contributed by atoms with E-state index in [1.54, 1.807) is 0 Å². The predicted octanol–water partition coefficient (Wildman–Crippen LogP) is 3.57. The summed E-state index contributed by atoms with van der Waals surface area (Å²) < 4.78 is 39.7. The fourth-order valence-corrected chi connectivity index (χ4v) is 7.09. The number of hydrogen-bond donors (Lipinski definition) is 1. The van der Waals surface area contributed by atoms with Crippen molar-refractivity contribution in [1.82, 2.24) is 29.5 Å². The molecular formula is C25H29F3N6O2. The summed E-state index contributed by atoms with van der Waals surface area (Å²) in [6.45, 7) is 3.52. The van der Waals surface area contributed by atoms with Gasteiger partial charge in [-0.2, -0.15) is 18.3 Å². The fourth-order valence-electron chi connectivity index (χ4n) is 7.09. The minimum atomic E-state index is -4.51. The lowest BCUT2D eigenvalue weighted by Crippen LogP contribution is -2.71. The predicted molar refractivity (Wildman–Crippen MR) is 122 cm³/mol. The van der Waals surface area contributed by atoms with Crippen LogP contribution in [0.5, 0.6) is 0 Å². The highest BCUT2D eigenvalue weighted by Crippen LogP contribution is 2.57. The maximum Gasteiger partial charge on any atom is 0.416 e. The lowest BCUT2D eigenvalue weighted by Gasteiger charge is -2.63. The number of hydrogen-bond acceptors (Lipinski definition) is 4. The van der Waals surface area contributed by atoms with Crippen LogP contribution in [0.15, 0.2) is 23.1 Å². The van der Waals surface area contributed by atoms with E-state index in [2.05, 4.69) is 15.2 Å². The van der Waals surface area contributed by atoms with Crippen LogP contribution in [0.1, 0.15) is 67.6 Å². The second-order valence-electron chi connectivity index (χ2n) is 12.1. The normalized spacial score (nSPS) is 24.9. The van der Waals surface area contributed by atoms with E-state index in [9.17, 15) is 22.8 Å². The lowest BCUT2D eigenvalue weighted by atomic mass is 9.57. The largest absolute Gasteiger partial charge is 0.416 e. The Morgan fingerprint density at radius 3 is 2.25 bits per heavy atom. The summed E-state index contributed by atoms with van der Waals surface area (Å²) in [5.74, 6) is 3.22. The van der Waals surface area contributed by atoms with Crippen LogP contribution in [-0.2, 0) is 12.7 Å². The van der Waals surface area contributed by atoms with E-state index in [1.165, 1.54) is 23.6 Å². The number of aromatic nitrogens is 4. The molecule has 192 valence electrons. The first-order chi connectivity index (χ1) is 17.1. The van der Waals surface area contributed by atoms with Crippen LogP contribution in [0.2, 0.25) is 0 Å². The maximum atomic E-state index is 12.9. The molecule has 8 nitrogen and oxygen atoms in total. The van der Waals surface area contributed by atoms with Crippen molar-refractivity contribution in [3.05, 3.63) is 45.9 Å². The molecule has 4 heterocycles. The molecule has 0 radical (unpaired) electrons. The highest BCUT2D eigenvalue weighted by Gasteiger charge is 2.58. The molecule has 36 heavy (non-hydrogen) atoms. The summed E-state index contributed by atoms with van der Waals surface area (Å²) in [4.78, 5) is 33.5. The van der Waals surface area contributed by atoms with E-state index in [0.717, 1.165) is 69.6 Å². The van der Waals surface area contributed by atoms with Gasteiger partial charge in [0, 0.05) is 67.7 Å². The summed E-state index contributed by atoms with van der Waals surface area (Å²) in [7, 11) is 0. The summed E-state index contributed by atoms with van der Waals surface area (Å²) in [5, 5.41) is 7.49. The smallest absolute Gasteiger partial charge is 0.323 e. The molecule has 3 aliphatic carbocycles. The van der Waals surface area contributed by atoms with Crippen molar-refractivity contribution in [3.63, 3.8) is 0 Å². The Labute approximate surface area is 205 Å². The number of pyridine rings is 1. The van der Waals surface area contributed by atoms with Gasteiger partial charge in [-0.05, 0) is 50.5 Å². The molecule has 7 rings (SSSR count). The summed E-state index contributed by atoms with van der Waals surface area (Å²) >= 11 is 0. The van der Waals surface area contributed by atoms with E-state index in [0.29, 0.717) is 24.4 Å². The number of aromatic amines is 1. The van der Waals surface area contributed by atoms with Crippen LogP contribution >= 0.6 is 0 Å². The van der Waals surface area contributed by atoms with Crippen molar-refractivity contribution < 1.29 is 18.0 Å². The van der Waals surface area contributed by atoms with Crippen molar-refractivity contribution >= 4 is 6.03 Å². The monoisotopic (exact) mass is 502 g/mol. The molecule has 11 heteroatoms. The molecule has 1 N–H and O–H groups in total. The maximum absolute atomic E-state index is 12.9. The SMILES string of the molecule is O=C(N1CC2(CC(Cn3ccc(C(F)(F)F)cc3=O)C2)C1)N1CC2(CC(c3nc(C4CC4)n[nH]3)C2)C1. The van der Waals surface area contributed by atoms with Gasteiger partial charge in [-0.25, -0.2) is 9.78 Å². The van der Waals surface area contributed by atoms with Crippen LogP contribution in [0.4, 0.5) is 18.0 Å². The van der Waals surface area contributed by atoms with Crippen LogP contribution in [0.3, 0.4) is 0 Å². The number of amides is 2. The van der Waals surface area contributed by atoms with E-state index in [-0.39, 0.29) is 22.8 Å². The molecule has 0 atom stereocenters. The highest BCUT2D eigenvalue weighted by atomic mass is 19.4. The van der Waals surface area contributed by atoms with E-state index < -0.39 is 17.3 Å². The number of urea groups is 1. The third kappa shape index (κ3) is 3.64. The molecule has 2 spiro atoms. The third-order valence-corrected chi connectivity index (χ3v) is 9.08. The summed E-state index contributed by atoms with van der Waals surface area (Å²) in [6.07, 6.45) is 3.04. The van der Waals surface area contributed by atoms with Crippen molar-refractivity contribution in [2.24, 2.45) is 16.7 Å². The molecular weight excluding hydrogens is 473 g/mol. The number of alkyl halides is 3. The summed E-state index contributed by atoms with van der Waals surface area (Å²) in [6, 6.07) is 1.74. The Kier molecular flexibility index (Phi) is 4.56. The standard InChI is InChI=1S/C25H29F3N6O2/c26-25(27,28)18-3-4-32(19(35)5-18)10-15-6-23(7-15)11-33(12-23)22(36)34-13-24(14-34)8-17(9-24)21-29-20(30-31-21)16-1-2-16/h3-5,15-17H,1-2,6-14H2,(H,29,30,31). The number of nitrogens with zero attached hydrogens (tertiary/aromatic N) is 5.